The third-order valence-corrected chi connectivity index (χ3v) is 1.80. The van der Waals surface area contributed by atoms with Gasteiger partial charge in [0.05, 0.1) is 24.1 Å². The Labute approximate surface area is 82.4 Å². The van der Waals surface area contributed by atoms with Crippen molar-refractivity contribution < 1.29 is 9.53 Å². The van der Waals surface area contributed by atoms with Gasteiger partial charge in [0.25, 0.3) is 0 Å². The van der Waals surface area contributed by atoms with Crippen molar-refractivity contribution >= 4 is 17.2 Å². The van der Waals surface area contributed by atoms with Crippen LogP contribution in [0.15, 0.2) is 18.8 Å². The van der Waals surface area contributed by atoms with Gasteiger partial charge in [0.1, 0.15) is 0 Å². The molecule has 1 rings (SSSR count). The Morgan fingerprint density at radius 1 is 1.64 bits per heavy atom. The van der Waals surface area contributed by atoms with E-state index in [1.807, 2.05) is 0 Å². The molecule has 0 aliphatic heterocycles. The fraction of sp³-hybridized carbons (Fsp3) is 0.200. The van der Waals surface area contributed by atoms with Gasteiger partial charge >= 0.3 is 5.97 Å². The number of nitrogens with two attached hydrogens (primary N) is 1. The van der Waals surface area contributed by atoms with Crippen molar-refractivity contribution in [3.05, 3.63) is 30.1 Å². The van der Waals surface area contributed by atoms with Crippen LogP contribution in [0.2, 0.25) is 0 Å². The Hall–Kier alpha value is -1.84. The maximum Gasteiger partial charge on any atom is 0.340 e. The third-order valence-electron chi connectivity index (χ3n) is 1.80. The molecule has 0 spiro atoms. The zero-order valence-electron chi connectivity index (χ0n) is 8.20. The summed E-state index contributed by atoms with van der Waals surface area (Å²) in [6.07, 6.45) is 1.51. The van der Waals surface area contributed by atoms with Gasteiger partial charge < -0.3 is 10.5 Å². The van der Waals surface area contributed by atoms with Gasteiger partial charge in [-0.15, -0.1) is 0 Å². The van der Waals surface area contributed by atoms with Gasteiger partial charge in [0.15, 0.2) is 0 Å². The molecule has 1 heterocycles. The maximum atomic E-state index is 11.2. The number of hydrogen-bond acceptors (Lipinski definition) is 4. The lowest BCUT2D eigenvalue weighted by atomic mass is 10.1. The minimum Gasteiger partial charge on any atom is -0.465 e. The highest BCUT2D eigenvalue weighted by Gasteiger charge is 2.13. The first kappa shape index (κ1) is 10.2. The van der Waals surface area contributed by atoms with E-state index >= 15 is 0 Å². The molecular weight excluding hydrogens is 180 g/mol. The van der Waals surface area contributed by atoms with Crippen LogP contribution >= 0.6 is 0 Å². The average molecular weight is 192 g/mol. The standard InChI is InChI=1S/C10H12N2O2/c1-6(2)9-8(11)7(4-5-12-9)10(13)14-3/h4-5H,1,11H2,2-3H3. The Kier molecular flexibility index (Phi) is 2.86. The minimum atomic E-state index is -0.465. The zero-order chi connectivity index (χ0) is 10.7. The predicted molar refractivity (Wildman–Crippen MR) is 54.7 cm³/mol. The van der Waals surface area contributed by atoms with Crippen LogP contribution in [0.25, 0.3) is 5.57 Å². The smallest absolute Gasteiger partial charge is 0.340 e. The van der Waals surface area contributed by atoms with Crippen molar-refractivity contribution in [1.29, 1.82) is 0 Å². The Morgan fingerprint density at radius 3 is 2.79 bits per heavy atom. The number of nitrogens with zero attached hydrogens (tertiary/aromatic N) is 1. The summed E-state index contributed by atoms with van der Waals surface area (Å²) in [6, 6.07) is 1.52. The third kappa shape index (κ3) is 1.74. The summed E-state index contributed by atoms with van der Waals surface area (Å²) in [6.45, 7) is 5.50. The summed E-state index contributed by atoms with van der Waals surface area (Å²) in [7, 11) is 1.31. The Morgan fingerprint density at radius 2 is 2.29 bits per heavy atom. The largest absolute Gasteiger partial charge is 0.465 e. The molecular formula is C10H12N2O2. The van der Waals surface area contributed by atoms with Crippen molar-refractivity contribution in [2.75, 3.05) is 12.8 Å². The number of aromatic nitrogens is 1. The topological polar surface area (TPSA) is 65.2 Å². The number of methoxy groups -OCH3 is 1. The Bertz CT molecular complexity index is 386. The SMILES string of the molecule is C=C(C)c1nccc(C(=O)OC)c1N. The molecule has 0 saturated carbocycles. The first-order valence-corrected chi connectivity index (χ1v) is 4.06. The van der Waals surface area contributed by atoms with E-state index in [9.17, 15) is 4.79 Å². The molecule has 0 saturated heterocycles. The highest BCUT2D eigenvalue weighted by Crippen LogP contribution is 2.21. The van der Waals surface area contributed by atoms with Crippen LogP contribution in [0, 0.1) is 0 Å². The Balaban J connectivity index is 3.27. The summed E-state index contributed by atoms with van der Waals surface area (Å²) < 4.78 is 4.58. The molecule has 0 unspecified atom stereocenters. The lowest BCUT2D eigenvalue weighted by Gasteiger charge is -2.07. The number of ether oxygens (including phenoxy) is 1. The second-order valence-electron chi connectivity index (χ2n) is 2.89. The van der Waals surface area contributed by atoms with Crippen LogP contribution in [0.1, 0.15) is 23.0 Å². The predicted octanol–water partition coefficient (Wildman–Crippen LogP) is 1.48. The van der Waals surface area contributed by atoms with Crippen LogP contribution in [0.4, 0.5) is 5.69 Å². The zero-order valence-corrected chi connectivity index (χ0v) is 8.20. The minimum absolute atomic E-state index is 0.312. The highest BCUT2D eigenvalue weighted by atomic mass is 16.5. The van der Waals surface area contributed by atoms with Gasteiger partial charge in [-0.05, 0) is 18.6 Å². The normalized spacial score (nSPS) is 9.57. The van der Waals surface area contributed by atoms with Gasteiger partial charge in [-0.2, -0.15) is 0 Å². The van der Waals surface area contributed by atoms with Crippen LogP contribution in [0.5, 0.6) is 0 Å². The average Bonchev–Trinajstić information content (AvgIpc) is 2.16. The summed E-state index contributed by atoms with van der Waals surface area (Å²) >= 11 is 0. The summed E-state index contributed by atoms with van der Waals surface area (Å²) in [4.78, 5) is 15.3. The second-order valence-corrected chi connectivity index (χ2v) is 2.89. The number of esters is 1. The van der Waals surface area contributed by atoms with E-state index < -0.39 is 5.97 Å². The van der Waals surface area contributed by atoms with Gasteiger partial charge in [0.2, 0.25) is 0 Å². The molecule has 0 aliphatic rings. The van der Waals surface area contributed by atoms with Gasteiger partial charge in [-0.25, -0.2) is 4.79 Å². The van der Waals surface area contributed by atoms with E-state index in [4.69, 9.17) is 5.73 Å². The van der Waals surface area contributed by atoms with Crippen LogP contribution in [-0.4, -0.2) is 18.1 Å². The van der Waals surface area contributed by atoms with E-state index in [0.29, 0.717) is 22.5 Å². The second kappa shape index (κ2) is 3.91. The molecule has 4 nitrogen and oxygen atoms in total. The van der Waals surface area contributed by atoms with E-state index in [1.165, 1.54) is 19.4 Å². The lowest BCUT2D eigenvalue weighted by molar-refractivity contribution is 0.0602. The number of anilines is 1. The molecule has 0 bridgehead atoms. The molecule has 0 fully saturated rings. The van der Waals surface area contributed by atoms with E-state index in [0.717, 1.165) is 0 Å². The number of nitrogen functional groups attached to an aromatic ring is 1. The van der Waals surface area contributed by atoms with E-state index in [1.54, 1.807) is 6.92 Å². The lowest BCUT2D eigenvalue weighted by Crippen LogP contribution is -2.08. The summed E-state index contributed by atoms with van der Waals surface area (Å²) in [5, 5.41) is 0. The fourth-order valence-electron chi connectivity index (χ4n) is 1.10. The monoisotopic (exact) mass is 192 g/mol. The van der Waals surface area contributed by atoms with Crippen molar-refractivity contribution in [2.24, 2.45) is 0 Å². The number of allylic oxidation sites excluding steroid dienone is 1. The molecule has 14 heavy (non-hydrogen) atoms. The van der Waals surface area contributed by atoms with Crippen molar-refractivity contribution in [3.63, 3.8) is 0 Å². The first-order chi connectivity index (χ1) is 6.57. The number of carbonyl (C=O) groups is 1. The van der Waals surface area contributed by atoms with Crippen LogP contribution in [0.3, 0.4) is 0 Å². The molecule has 1 aromatic rings. The van der Waals surface area contributed by atoms with Gasteiger partial charge in [-0.1, -0.05) is 6.58 Å². The van der Waals surface area contributed by atoms with E-state index in [2.05, 4.69) is 16.3 Å². The van der Waals surface area contributed by atoms with Crippen molar-refractivity contribution in [1.82, 2.24) is 4.98 Å². The van der Waals surface area contributed by atoms with Crippen molar-refractivity contribution in [3.8, 4) is 0 Å². The molecule has 0 amide bonds. The molecule has 1 aromatic heterocycles. The number of hydrogen-bond donors (Lipinski definition) is 1. The van der Waals surface area contributed by atoms with Gasteiger partial charge in [-0.3, -0.25) is 4.98 Å². The molecule has 0 atom stereocenters. The maximum absolute atomic E-state index is 11.2. The number of pyridine rings is 1. The molecule has 74 valence electrons. The summed E-state index contributed by atoms with van der Waals surface area (Å²) in [5.41, 5.74) is 7.62. The molecule has 2 N–H and O–H groups in total. The van der Waals surface area contributed by atoms with Gasteiger partial charge in [0, 0.05) is 6.20 Å². The van der Waals surface area contributed by atoms with Crippen molar-refractivity contribution in [2.45, 2.75) is 6.92 Å². The van der Waals surface area contributed by atoms with Crippen LogP contribution in [-0.2, 0) is 4.74 Å². The highest BCUT2D eigenvalue weighted by molar-refractivity contribution is 5.97. The number of carbonyl (C=O) groups excluding carboxylic acids is 1. The quantitative estimate of drug-likeness (QED) is 0.721. The molecule has 4 heteroatoms. The van der Waals surface area contributed by atoms with Crippen LogP contribution < -0.4 is 5.73 Å². The summed E-state index contributed by atoms with van der Waals surface area (Å²) in [5.74, 6) is -0.465. The number of rotatable bonds is 2. The molecule has 0 aliphatic carbocycles. The van der Waals surface area contributed by atoms with E-state index in [-0.39, 0.29) is 0 Å². The molecule has 0 radical (unpaired) electrons. The fourth-order valence-corrected chi connectivity index (χ4v) is 1.10. The molecule has 0 aromatic carbocycles. The first-order valence-electron chi connectivity index (χ1n) is 4.06.